The van der Waals surface area contributed by atoms with Crippen molar-refractivity contribution in [3.8, 4) is 28.0 Å². The Kier molecular flexibility index (Phi) is 8.40. The van der Waals surface area contributed by atoms with E-state index in [9.17, 15) is 31.1 Å². The summed E-state index contributed by atoms with van der Waals surface area (Å²) < 4.78 is 89.2. The SMILES string of the molecule is [CH3][Hg][c]1ccc(-c2ccc(C(=O)Oc3ccc(-c4cc(F)c(/C=C/C(F)(F)F)c(F)c4)c(F)c3)cc2)cc1. The van der Waals surface area contributed by atoms with Crippen LogP contribution in [0.2, 0.25) is 4.43 Å². The topological polar surface area (TPSA) is 26.3 Å². The quantitative estimate of drug-likeness (QED) is 0.0878. The summed E-state index contributed by atoms with van der Waals surface area (Å²) in [4.78, 5) is 12.5. The number of carbonyl (C=O) groups excluding carboxylic acids is 1. The summed E-state index contributed by atoms with van der Waals surface area (Å²) in [6, 6.07) is 19.8. The van der Waals surface area contributed by atoms with E-state index in [0.717, 1.165) is 35.4 Å². The summed E-state index contributed by atoms with van der Waals surface area (Å²) in [6.07, 6.45) is -4.77. The molecule has 2 nitrogen and oxygen atoms in total. The van der Waals surface area contributed by atoms with E-state index in [0.29, 0.717) is 0 Å². The molecule has 0 aromatic heterocycles. The molecule has 0 aliphatic heterocycles. The van der Waals surface area contributed by atoms with Gasteiger partial charge in [-0.1, -0.05) is 0 Å². The fraction of sp³-hybridized carbons (Fsp3) is 0.0690. The Morgan fingerprint density at radius 1 is 0.763 bits per heavy atom. The van der Waals surface area contributed by atoms with Gasteiger partial charge in [-0.25, -0.2) is 13.2 Å². The summed E-state index contributed by atoms with van der Waals surface area (Å²) in [5.41, 5.74) is 0.833. The molecule has 0 unspecified atom stereocenters. The monoisotopic (exact) mass is 714 g/mol. The summed E-state index contributed by atoms with van der Waals surface area (Å²) in [6.45, 7) is 0. The molecule has 190 valence electrons. The van der Waals surface area contributed by atoms with Crippen LogP contribution in [0.25, 0.3) is 28.3 Å². The molecule has 0 radical (unpaired) electrons. The average molecular weight is 713 g/mol. The number of esters is 1. The third-order valence-electron chi connectivity index (χ3n) is 5.80. The van der Waals surface area contributed by atoms with Crippen molar-refractivity contribution in [2.45, 2.75) is 10.6 Å². The molecule has 0 spiro atoms. The van der Waals surface area contributed by atoms with Crippen LogP contribution in [-0.4, -0.2) is 12.1 Å². The molecular formula is C29H18F6HgO2. The van der Waals surface area contributed by atoms with Gasteiger partial charge in [0.05, 0.1) is 0 Å². The van der Waals surface area contributed by atoms with E-state index in [1.54, 1.807) is 24.3 Å². The van der Waals surface area contributed by atoms with Crippen molar-refractivity contribution in [2.24, 2.45) is 0 Å². The summed E-state index contributed by atoms with van der Waals surface area (Å²) in [5, 5.41) is 0. The molecular weight excluding hydrogens is 695 g/mol. The van der Waals surface area contributed by atoms with Crippen molar-refractivity contribution >= 4 is 15.1 Å². The third kappa shape index (κ3) is 6.72. The molecule has 0 N–H and O–H groups in total. The molecule has 4 aromatic carbocycles. The number of carbonyl (C=O) groups is 1. The summed E-state index contributed by atoms with van der Waals surface area (Å²) >= 11 is -0.942. The fourth-order valence-electron chi connectivity index (χ4n) is 3.77. The van der Waals surface area contributed by atoms with Crippen LogP contribution in [0.1, 0.15) is 15.9 Å². The molecule has 0 heterocycles. The summed E-state index contributed by atoms with van der Waals surface area (Å²) in [7, 11) is 0. The Bertz CT molecular complexity index is 1470. The van der Waals surface area contributed by atoms with Crippen molar-refractivity contribution < 1.29 is 60.4 Å². The molecule has 9 heteroatoms. The minimum absolute atomic E-state index is 0.132. The van der Waals surface area contributed by atoms with Crippen LogP contribution in [0, 0.1) is 17.5 Å². The standard InChI is InChI=1S/C28H15F6O2.CH3.Hg/c29-24-14-20(15-25(30)23(24)12-13-28(32,33)34)22-11-10-21(16-26(22)31)36-27(35)19-8-6-18(7-9-19)17-4-2-1-3-5-17;;/h2-16H;1H3;/b13-12+;;. The van der Waals surface area contributed by atoms with Crippen molar-refractivity contribution in [1.29, 1.82) is 0 Å². The minimum atomic E-state index is -4.75. The van der Waals surface area contributed by atoms with Gasteiger partial charge < -0.3 is 0 Å². The number of allylic oxidation sites excluding steroid dienone is 1. The number of rotatable bonds is 6. The first kappa shape index (κ1) is 27.6. The first-order valence-electron chi connectivity index (χ1n) is 11.5. The van der Waals surface area contributed by atoms with Gasteiger partial charge in [-0.05, 0) is 29.8 Å². The molecule has 4 aromatic rings. The number of hydrogen-bond acceptors (Lipinski definition) is 2. The van der Waals surface area contributed by atoms with Crippen molar-refractivity contribution in [1.82, 2.24) is 0 Å². The second kappa shape index (κ2) is 11.6. The molecule has 0 saturated carbocycles. The van der Waals surface area contributed by atoms with Crippen LogP contribution in [0.3, 0.4) is 0 Å². The molecule has 0 saturated heterocycles. The van der Waals surface area contributed by atoms with E-state index >= 15 is 0 Å². The molecule has 0 fully saturated rings. The molecule has 0 bridgehead atoms. The van der Waals surface area contributed by atoms with Gasteiger partial charge in [0, 0.05) is 17.2 Å². The van der Waals surface area contributed by atoms with Gasteiger partial charge in [0.1, 0.15) is 17.5 Å². The molecule has 0 aliphatic rings. The molecule has 0 amide bonds. The van der Waals surface area contributed by atoms with E-state index in [4.69, 9.17) is 4.74 Å². The first-order chi connectivity index (χ1) is 18.0. The zero-order valence-electron chi connectivity index (χ0n) is 20.0. The van der Waals surface area contributed by atoms with Gasteiger partial charge in [0.2, 0.25) is 0 Å². The normalized spacial score (nSPS) is 11.4. The summed E-state index contributed by atoms with van der Waals surface area (Å²) in [5.74, 6) is -4.37. The van der Waals surface area contributed by atoms with E-state index in [1.807, 2.05) is 12.1 Å². The van der Waals surface area contributed by atoms with E-state index in [-0.39, 0.29) is 34.6 Å². The Hall–Kier alpha value is -3.39. The number of ether oxygens (including phenoxy) is 1. The molecule has 4 rings (SSSR count). The van der Waals surface area contributed by atoms with E-state index in [1.165, 1.54) is 9.14 Å². The second-order valence-electron chi connectivity index (χ2n) is 8.39. The van der Waals surface area contributed by atoms with Gasteiger partial charge >= 0.3 is 137 Å². The number of alkyl halides is 3. The van der Waals surface area contributed by atoms with Crippen LogP contribution in [-0.2, 0) is 24.6 Å². The average Bonchev–Trinajstić information content (AvgIpc) is 2.87. The van der Waals surface area contributed by atoms with Crippen LogP contribution in [0.5, 0.6) is 5.75 Å². The van der Waals surface area contributed by atoms with Crippen LogP contribution in [0.15, 0.2) is 84.9 Å². The maximum atomic E-state index is 14.8. The number of benzene rings is 4. The zero-order valence-corrected chi connectivity index (χ0v) is 25.4. The third-order valence-corrected chi connectivity index (χ3v) is 10.8. The van der Waals surface area contributed by atoms with Crippen molar-refractivity contribution in [3.63, 3.8) is 0 Å². The van der Waals surface area contributed by atoms with Crippen molar-refractivity contribution in [3.05, 3.63) is 114 Å². The van der Waals surface area contributed by atoms with Gasteiger partial charge in [-0.2, -0.15) is 13.2 Å². The van der Waals surface area contributed by atoms with Gasteiger partial charge in [-0.3, -0.25) is 0 Å². The van der Waals surface area contributed by atoms with E-state index < -0.39 is 59.7 Å². The van der Waals surface area contributed by atoms with Gasteiger partial charge in [0.15, 0.2) is 0 Å². The number of hydrogen-bond donors (Lipinski definition) is 0. The Morgan fingerprint density at radius 2 is 1.34 bits per heavy atom. The van der Waals surface area contributed by atoms with Crippen LogP contribution >= 0.6 is 0 Å². The first-order valence-corrected chi connectivity index (χ1v) is 19.7. The Labute approximate surface area is 227 Å². The Morgan fingerprint density at radius 3 is 1.87 bits per heavy atom. The Balaban J connectivity index is 1.49. The van der Waals surface area contributed by atoms with Crippen LogP contribution in [0.4, 0.5) is 26.3 Å². The number of halogens is 6. The van der Waals surface area contributed by atoms with E-state index in [2.05, 4.69) is 16.6 Å². The predicted octanol–water partition coefficient (Wildman–Crippen LogP) is 7.99. The zero-order chi connectivity index (χ0) is 27.4. The van der Waals surface area contributed by atoms with Crippen LogP contribution < -0.4 is 7.81 Å². The predicted molar refractivity (Wildman–Crippen MR) is 129 cm³/mol. The molecule has 38 heavy (non-hydrogen) atoms. The molecule has 0 atom stereocenters. The molecule has 0 aliphatic carbocycles. The van der Waals surface area contributed by atoms with Crippen molar-refractivity contribution in [2.75, 3.05) is 0 Å². The van der Waals surface area contributed by atoms with Gasteiger partial charge in [0.25, 0.3) is 0 Å². The maximum absolute atomic E-state index is 14.8. The van der Waals surface area contributed by atoms with Gasteiger partial charge in [-0.15, -0.1) is 0 Å². The second-order valence-corrected chi connectivity index (χ2v) is 14.3. The fourth-order valence-corrected chi connectivity index (χ4v) is 6.52.